The number of nitrogens with zero attached hydrogens (tertiary/aromatic N) is 1. The van der Waals surface area contributed by atoms with E-state index in [0.717, 1.165) is 6.42 Å². The number of ether oxygens (including phenoxy) is 2. The summed E-state index contributed by atoms with van der Waals surface area (Å²) >= 11 is 5.97. The monoisotopic (exact) mass is 500 g/mol. The molecule has 2 aromatic carbocycles. The standard InChI is InChI=1S/C25H29ClN4O5/c1-4-11-30-16(2)21(23(31)35-13-12-34-3)22(29-25(30)33)17-7-5-9-19(14-17)27-24(32)28-20-10-6-8-18(26)15-20/h5-10,14-15,22H,4,11-13H2,1-3H3,(H,29,33)(H2,27,28,32)/t22-/m0/s1. The molecule has 2 aromatic rings. The van der Waals surface area contributed by atoms with Gasteiger partial charge in [-0.05, 0) is 49.2 Å². The van der Waals surface area contributed by atoms with Crippen molar-refractivity contribution < 1.29 is 23.9 Å². The Kier molecular flexibility index (Phi) is 9.11. The number of amides is 4. The van der Waals surface area contributed by atoms with E-state index in [0.29, 0.717) is 39.8 Å². The van der Waals surface area contributed by atoms with Crippen LogP contribution in [0.25, 0.3) is 0 Å². The Labute approximate surface area is 209 Å². The summed E-state index contributed by atoms with van der Waals surface area (Å²) in [6.45, 7) is 4.49. The van der Waals surface area contributed by atoms with Crippen molar-refractivity contribution in [3.05, 3.63) is 70.4 Å². The maximum absolute atomic E-state index is 13.0. The zero-order valence-electron chi connectivity index (χ0n) is 19.9. The molecule has 0 fully saturated rings. The lowest BCUT2D eigenvalue weighted by Crippen LogP contribution is -2.48. The molecule has 35 heavy (non-hydrogen) atoms. The van der Waals surface area contributed by atoms with E-state index in [9.17, 15) is 14.4 Å². The summed E-state index contributed by atoms with van der Waals surface area (Å²) in [5, 5.41) is 8.88. The minimum absolute atomic E-state index is 0.0891. The molecule has 10 heteroatoms. The zero-order chi connectivity index (χ0) is 25.4. The predicted molar refractivity (Wildman–Crippen MR) is 134 cm³/mol. The third kappa shape index (κ3) is 6.74. The number of rotatable bonds is 9. The van der Waals surface area contributed by atoms with Gasteiger partial charge in [0.05, 0.1) is 18.2 Å². The van der Waals surface area contributed by atoms with E-state index < -0.39 is 18.0 Å². The fourth-order valence-electron chi connectivity index (χ4n) is 3.74. The third-order valence-electron chi connectivity index (χ3n) is 5.34. The van der Waals surface area contributed by atoms with Gasteiger partial charge in [0.1, 0.15) is 6.61 Å². The fraction of sp³-hybridized carbons (Fsp3) is 0.320. The first kappa shape index (κ1) is 26.1. The van der Waals surface area contributed by atoms with Gasteiger partial charge in [-0.2, -0.15) is 0 Å². The maximum atomic E-state index is 13.0. The number of hydrogen-bond donors (Lipinski definition) is 3. The highest BCUT2D eigenvalue weighted by molar-refractivity contribution is 6.30. The Morgan fingerprint density at radius 1 is 1.09 bits per heavy atom. The maximum Gasteiger partial charge on any atom is 0.338 e. The topological polar surface area (TPSA) is 109 Å². The lowest BCUT2D eigenvalue weighted by Gasteiger charge is -2.35. The second-order valence-electron chi connectivity index (χ2n) is 7.88. The molecule has 1 aliphatic rings. The highest BCUT2D eigenvalue weighted by Crippen LogP contribution is 2.32. The number of carbonyl (C=O) groups excluding carboxylic acids is 3. The molecule has 1 atom stereocenters. The molecule has 1 heterocycles. The predicted octanol–water partition coefficient (Wildman–Crippen LogP) is 4.92. The third-order valence-corrected chi connectivity index (χ3v) is 5.58. The molecular formula is C25H29ClN4O5. The van der Waals surface area contributed by atoms with Crippen molar-refractivity contribution in [3.8, 4) is 0 Å². The van der Waals surface area contributed by atoms with Crippen LogP contribution in [-0.4, -0.2) is 49.8 Å². The number of halogens is 1. The van der Waals surface area contributed by atoms with Crippen molar-refractivity contribution >= 4 is 41.0 Å². The quantitative estimate of drug-likeness (QED) is 0.334. The van der Waals surface area contributed by atoms with E-state index in [1.807, 2.05) is 6.92 Å². The molecule has 186 valence electrons. The van der Waals surface area contributed by atoms with Crippen LogP contribution in [0.3, 0.4) is 0 Å². The Morgan fingerprint density at radius 2 is 1.77 bits per heavy atom. The van der Waals surface area contributed by atoms with Gasteiger partial charge in [0.25, 0.3) is 0 Å². The van der Waals surface area contributed by atoms with Gasteiger partial charge >= 0.3 is 18.0 Å². The molecule has 3 N–H and O–H groups in total. The fourth-order valence-corrected chi connectivity index (χ4v) is 3.93. The summed E-state index contributed by atoms with van der Waals surface area (Å²) in [6.07, 6.45) is 0.725. The minimum atomic E-state index is -0.747. The Bertz CT molecular complexity index is 1120. The van der Waals surface area contributed by atoms with Gasteiger partial charge in [0.2, 0.25) is 0 Å². The van der Waals surface area contributed by atoms with Crippen LogP contribution in [-0.2, 0) is 14.3 Å². The molecular weight excluding hydrogens is 472 g/mol. The largest absolute Gasteiger partial charge is 0.460 e. The Balaban J connectivity index is 1.85. The summed E-state index contributed by atoms with van der Waals surface area (Å²) < 4.78 is 10.4. The average Bonchev–Trinajstić information content (AvgIpc) is 2.81. The summed E-state index contributed by atoms with van der Waals surface area (Å²) in [6, 6.07) is 12.2. The van der Waals surface area contributed by atoms with Crippen molar-refractivity contribution in [2.75, 3.05) is 37.5 Å². The van der Waals surface area contributed by atoms with Crippen molar-refractivity contribution in [1.82, 2.24) is 10.2 Å². The highest BCUT2D eigenvalue weighted by atomic mass is 35.5. The smallest absolute Gasteiger partial charge is 0.338 e. The SMILES string of the molecule is CCCN1C(=O)N[C@@H](c2cccc(NC(=O)Nc3cccc(Cl)c3)c2)C(C(=O)OCCOC)=C1C. The first-order valence-corrected chi connectivity index (χ1v) is 11.6. The van der Waals surface area contributed by atoms with Gasteiger partial charge in [0, 0.05) is 35.7 Å². The summed E-state index contributed by atoms with van der Waals surface area (Å²) in [4.78, 5) is 39.8. The number of anilines is 2. The van der Waals surface area contributed by atoms with Gasteiger partial charge < -0.3 is 25.4 Å². The molecule has 0 saturated carbocycles. The van der Waals surface area contributed by atoms with E-state index >= 15 is 0 Å². The van der Waals surface area contributed by atoms with E-state index in [4.69, 9.17) is 21.1 Å². The van der Waals surface area contributed by atoms with Crippen LogP contribution in [0.4, 0.5) is 21.0 Å². The van der Waals surface area contributed by atoms with E-state index in [-0.39, 0.29) is 19.2 Å². The second kappa shape index (κ2) is 12.2. The molecule has 4 amide bonds. The summed E-state index contributed by atoms with van der Waals surface area (Å²) in [7, 11) is 1.52. The van der Waals surface area contributed by atoms with Crippen molar-refractivity contribution in [2.45, 2.75) is 26.3 Å². The van der Waals surface area contributed by atoms with E-state index in [1.165, 1.54) is 12.0 Å². The van der Waals surface area contributed by atoms with Crippen LogP contribution in [0, 0.1) is 0 Å². The van der Waals surface area contributed by atoms with Gasteiger partial charge in [-0.25, -0.2) is 14.4 Å². The van der Waals surface area contributed by atoms with Crippen molar-refractivity contribution in [1.29, 1.82) is 0 Å². The Hall–Kier alpha value is -3.56. The lowest BCUT2D eigenvalue weighted by atomic mass is 9.94. The van der Waals surface area contributed by atoms with Gasteiger partial charge in [-0.3, -0.25) is 4.90 Å². The van der Waals surface area contributed by atoms with Crippen LogP contribution in [0.1, 0.15) is 31.9 Å². The van der Waals surface area contributed by atoms with Crippen LogP contribution < -0.4 is 16.0 Å². The molecule has 0 radical (unpaired) electrons. The molecule has 0 spiro atoms. The number of benzene rings is 2. The highest BCUT2D eigenvalue weighted by Gasteiger charge is 2.36. The molecule has 3 rings (SSSR count). The number of carbonyl (C=O) groups is 3. The van der Waals surface area contributed by atoms with Gasteiger partial charge in [-0.15, -0.1) is 0 Å². The minimum Gasteiger partial charge on any atom is -0.460 e. The van der Waals surface area contributed by atoms with Crippen molar-refractivity contribution in [3.63, 3.8) is 0 Å². The molecule has 0 bridgehead atoms. The number of urea groups is 2. The summed E-state index contributed by atoms with van der Waals surface area (Å²) in [5.41, 5.74) is 2.50. The molecule has 0 aliphatic carbocycles. The molecule has 0 unspecified atom stereocenters. The summed E-state index contributed by atoms with van der Waals surface area (Å²) in [5.74, 6) is -0.539. The first-order valence-electron chi connectivity index (χ1n) is 11.2. The normalized spacial score (nSPS) is 15.5. The molecule has 9 nitrogen and oxygen atoms in total. The lowest BCUT2D eigenvalue weighted by molar-refractivity contribution is -0.140. The first-order chi connectivity index (χ1) is 16.8. The Morgan fingerprint density at radius 3 is 2.43 bits per heavy atom. The molecule has 0 saturated heterocycles. The number of nitrogens with one attached hydrogen (secondary N) is 3. The van der Waals surface area contributed by atoms with Crippen LogP contribution in [0.5, 0.6) is 0 Å². The number of methoxy groups -OCH3 is 1. The number of allylic oxidation sites excluding steroid dienone is 1. The van der Waals surface area contributed by atoms with Crippen LogP contribution >= 0.6 is 11.6 Å². The molecule has 0 aromatic heterocycles. The van der Waals surface area contributed by atoms with E-state index in [1.54, 1.807) is 55.5 Å². The van der Waals surface area contributed by atoms with Gasteiger partial charge in [-0.1, -0.05) is 36.7 Å². The number of esters is 1. The van der Waals surface area contributed by atoms with Crippen LogP contribution in [0.2, 0.25) is 5.02 Å². The average molecular weight is 501 g/mol. The molecule has 1 aliphatic heterocycles. The van der Waals surface area contributed by atoms with Gasteiger partial charge in [0.15, 0.2) is 0 Å². The number of hydrogen-bond acceptors (Lipinski definition) is 5. The van der Waals surface area contributed by atoms with E-state index in [2.05, 4.69) is 16.0 Å². The van der Waals surface area contributed by atoms with Crippen LogP contribution in [0.15, 0.2) is 59.8 Å². The second-order valence-corrected chi connectivity index (χ2v) is 8.31. The van der Waals surface area contributed by atoms with Crippen molar-refractivity contribution in [2.24, 2.45) is 0 Å². The zero-order valence-corrected chi connectivity index (χ0v) is 20.6.